The molecule has 1 aliphatic rings. The SMILES string of the molecule is CCc1noc(-c2ccc(-n3ccnc3-c3cc4n(n3)CCNC4)cc2)n1.Cl. The fraction of sp³-hybridized carbons (Fsp3) is 0.263. The lowest BCUT2D eigenvalue weighted by molar-refractivity contribution is 0.423. The zero-order valence-corrected chi connectivity index (χ0v) is 16.2. The van der Waals surface area contributed by atoms with E-state index in [9.17, 15) is 0 Å². The van der Waals surface area contributed by atoms with Gasteiger partial charge in [-0.05, 0) is 30.3 Å². The molecule has 4 aromatic rings. The van der Waals surface area contributed by atoms with Gasteiger partial charge in [-0.3, -0.25) is 9.25 Å². The maximum atomic E-state index is 5.31. The Morgan fingerprint density at radius 1 is 1.21 bits per heavy atom. The highest BCUT2D eigenvalue weighted by Crippen LogP contribution is 2.24. The number of nitrogens with one attached hydrogen (secondary N) is 1. The van der Waals surface area contributed by atoms with E-state index in [-0.39, 0.29) is 12.4 Å². The summed E-state index contributed by atoms with van der Waals surface area (Å²) in [6.07, 6.45) is 4.50. The molecule has 8 nitrogen and oxygen atoms in total. The van der Waals surface area contributed by atoms with E-state index in [1.807, 2.05) is 42.0 Å². The quantitative estimate of drug-likeness (QED) is 0.569. The number of nitrogens with zero attached hydrogens (tertiary/aromatic N) is 6. The Balaban J connectivity index is 0.00000192. The molecule has 9 heteroatoms. The summed E-state index contributed by atoms with van der Waals surface area (Å²) in [4.78, 5) is 8.91. The molecule has 1 aromatic carbocycles. The maximum Gasteiger partial charge on any atom is 0.257 e. The summed E-state index contributed by atoms with van der Waals surface area (Å²) in [5.41, 5.74) is 3.97. The molecule has 0 bridgehead atoms. The van der Waals surface area contributed by atoms with Crippen LogP contribution in [0, 0.1) is 0 Å². The Kier molecular flexibility index (Phi) is 4.97. The first-order chi connectivity index (χ1) is 13.3. The number of hydrogen-bond donors (Lipinski definition) is 1. The third kappa shape index (κ3) is 3.21. The van der Waals surface area contributed by atoms with Gasteiger partial charge in [0.1, 0.15) is 5.69 Å². The van der Waals surface area contributed by atoms with Crippen LogP contribution in [0.2, 0.25) is 0 Å². The summed E-state index contributed by atoms with van der Waals surface area (Å²) in [5.74, 6) is 2.08. The van der Waals surface area contributed by atoms with Crippen molar-refractivity contribution in [2.24, 2.45) is 0 Å². The number of benzene rings is 1. The van der Waals surface area contributed by atoms with E-state index in [1.54, 1.807) is 6.20 Å². The van der Waals surface area contributed by atoms with Gasteiger partial charge in [-0.15, -0.1) is 12.4 Å². The van der Waals surface area contributed by atoms with Crippen molar-refractivity contribution in [3.8, 4) is 28.7 Å². The molecule has 5 rings (SSSR count). The minimum Gasteiger partial charge on any atom is -0.334 e. The first-order valence-corrected chi connectivity index (χ1v) is 9.06. The molecule has 0 fully saturated rings. The largest absolute Gasteiger partial charge is 0.334 e. The summed E-state index contributed by atoms with van der Waals surface area (Å²) in [5, 5.41) is 12.0. The van der Waals surface area contributed by atoms with Gasteiger partial charge in [0.15, 0.2) is 11.6 Å². The molecule has 0 atom stereocenters. The third-order valence-corrected chi connectivity index (χ3v) is 4.72. The highest BCUT2D eigenvalue weighted by molar-refractivity contribution is 5.85. The number of hydrogen-bond acceptors (Lipinski definition) is 6. The third-order valence-electron chi connectivity index (χ3n) is 4.72. The Morgan fingerprint density at radius 3 is 2.82 bits per heavy atom. The van der Waals surface area contributed by atoms with Crippen LogP contribution in [0.3, 0.4) is 0 Å². The smallest absolute Gasteiger partial charge is 0.257 e. The van der Waals surface area contributed by atoms with Crippen molar-refractivity contribution in [2.75, 3.05) is 6.54 Å². The molecular weight excluding hydrogens is 378 g/mol. The predicted molar refractivity (Wildman–Crippen MR) is 106 cm³/mol. The van der Waals surface area contributed by atoms with Crippen LogP contribution in [0.5, 0.6) is 0 Å². The van der Waals surface area contributed by atoms with Crippen molar-refractivity contribution in [1.82, 2.24) is 34.8 Å². The second kappa shape index (κ2) is 7.57. The molecule has 0 saturated heterocycles. The number of aromatic nitrogens is 6. The number of rotatable bonds is 4. The van der Waals surface area contributed by atoms with E-state index in [1.165, 1.54) is 5.69 Å². The second-order valence-electron chi connectivity index (χ2n) is 6.46. The van der Waals surface area contributed by atoms with E-state index in [4.69, 9.17) is 9.62 Å². The van der Waals surface area contributed by atoms with Crippen molar-refractivity contribution in [3.63, 3.8) is 0 Å². The van der Waals surface area contributed by atoms with Gasteiger partial charge < -0.3 is 9.84 Å². The molecule has 144 valence electrons. The average molecular weight is 398 g/mol. The monoisotopic (exact) mass is 397 g/mol. The summed E-state index contributed by atoms with van der Waals surface area (Å²) in [7, 11) is 0. The molecule has 4 heterocycles. The van der Waals surface area contributed by atoms with Crippen LogP contribution >= 0.6 is 12.4 Å². The van der Waals surface area contributed by atoms with Crippen LogP contribution in [0.15, 0.2) is 47.2 Å². The van der Waals surface area contributed by atoms with Crippen LogP contribution in [-0.2, 0) is 19.5 Å². The van der Waals surface area contributed by atoms with E-state index >= 15 is 0 Å². The highest BCUT2D eigenvalue weighted by atomic mass is 35.5. The topological polar surface area (TPSA) is 86.6 Å². The van der Waals surface area contributed by atoms with Gasteiger partial charge in [-0.1, -0.05) is 12.1 Å². The zero-order chi connectivity index (χ0) is 18.2. The van der Waals surface area contributed by atoms with Crippen molar-refractivity contribution < 1.29 is 4.52 Å². The number of fused-ring (bicyclic) bond motifs is 1. The number of aryl methyl sites for hydroxylation is 1. The first-order valence-electron chi connectivity index (χ1n) is 9.06. The van der Waals surface area contributed by atoms with Gasteiger partial charge in [0.2, 0.25) is 0 Å². The molecule has 1 aliphatic heterocycles. The summed E-state index contributed by atoms with van der Waals surface area (Å²) < 4.78 is 9.40. The van der Waals surface area contributed by atoms with Crippen LogP contribution in [0.25, 0.3) is 28.7 Å². The molecule has 0 unspecified atom stereocenters. The summed E-state index contributed by atoms with van der Waals surface area (Å²) in [6, 6.07) is 10.1. The van der Waals surface area contributed by atoms with Crippen LogP contribution in [0.4, 0.5) is 0 Å². The molecule has 28 heavy (non-hydrogen) atoms. The lowest BCUT2D eigenvalue weighted by Crippen LogP contribution is -2.28. The Morgan fingerprint density at radius 2 is 2.07 bits per heavy atom. The number of imidazole rings is 1. The van der Waals surface area contributed by atoms with Crippen molar-refractivity contribution in [2.45, 2.75) is 26.4 Å². The van der Waals surface area contributed by atoms with Crippen LogP contribution in [-0.4, -0.2) is 36.0 Å². The van der Waals surface area contributed by atoms with E-state index in [0.717, 1.165) is 48.8 Å². The van der Waals surface area contributed by atoms with Gasteiger partial charge in [-0.25, -0.2) is 4.98 Å². The normalized spacial score (nSPS) is 13.2. The van der Waals surface area contributed by atoms with Crippen molar-refractivity contribution in [1.29, 1.82) is 0 Å². The molecule has 0 amide bonds. The second-order valence-corrected chi connectivity index (χ2v) is 6.46. The van der Waals surface area contributed by atoms with Crippen LogP contribution < -0.4 is 5.32 Å². The minimum absolute atomic E-state index is 0. The molecule has 0 spiro atoms. The van der Waals surface area contributed by atoms with Crippen molar-refractivity contribution in [3.05, 3.63) is 54.2 Å². The lowest BCUT2D eigenvalue weighted by Gasteiger charge is -2.13. The Hall–Kier alpha value is -2.97. The van der Waals surface area contributed by atoms with Gasteiger partial charge in [-0.2, -0.15) is 10.1 Å². The van der Waals surface area contributed by atoms with E-state index in [0.29, 0.717) is 11.7 Å². The minimum atomic E-state index is 0. The van der Waals surface area contributed by atoms with E-state index in [2.05, 4.69) is 31.2 Å². The highest BCUT2D eigenvalue weighted by Gasteiger charge is 2.17. The fourth-order valence-corrected chi connectivity index (χ4v) is 3.28. The Labute approximate surface area is 168 Å². The molecule has 0 aliphatic carbocycles. The molecule has 0 saturated carbocycles. The maximum absolute atomic E-state index is 5.31. The fourth-order valence-electron chi connectivity index (χ4n) is 3.28. The lowest BCUT2D eigenvalue weighted by atomic mass is 10.2. The van der Waals surface area contributed by atoms with Gasteiger partial charge >= 0.3 is 0 Å². The summed E-state index contributed by atoms with van der Waals surface area (Å²) >= 11 is 0. The summed E-state index contributed by atoms with van der Waals surface area (Å²) in [6.45, 7) is 4.67. The molecule has 1 N–H and O–H groups in total. The molecular formula is C19H20ClN7O. The van der Waals surface area contributed by atoms with Gasteiger partial charge in [0, 0.05) is 43.2 Å². The molecule has 3 aromatic heterocycles. The first kappa shape index (κ1) is 18.4. The van der Waals surface area contributed by atoms with Crippen LogP contribution in [0.1, 0.15) is 18.4 Å². The Bertz CT molecular complexity index is 1060. The predicted octanol–water partition coefficient (Wildman–Crippen LogP) is 2.87. The van der Waals surface area contributed by atoms with Crippen molar-refractivity contribution >= 4 is 12.4 Å². The zero-order valence-electron chi connectivity index (χ0n) is 15.4. The molecule has 0 radical (unpaired) electrons. The number of halogens is 1. The van der Waals surface area contributed by atoms with Gasteiger partial charge in [0.25, 0.3) is 5.89 Å². The van der Waals surface area contributed by atoms with Gasteiger partial charge in [0.05, 0.1) is 12.2 Å². The average Bonchev–Trinajstić information content (AvgIpc) is 3.46. The van der Waals surface area contributed by atoms with E-state index < -0.39 is 0 Å². The standard InChI is InChI=1S/C19H19N7O.ClH/c1-2-17-22-19(27-24-17)13-3-5-14(6-4-13)25-9-8-21-18(25)16-11-15-12-20-7-10-26(15)23-16;/h3-6,8-9,11,20H,2,7,10,12H2,1H3;1H.